The average molecular weight is 452 g/mol. The van der Waals surface area contributed by atoms with E-state index in [4.69, 9.17) is 10.5 Å². The van der Waals surface area contributed by atoms with Gasteiger partial charge in [0, 0.05) is 36.5 Å². The van der Waals surface area contributed by atoms with E-state index in [1.54, 1.807) is 13.2 Å². The second kappa shape index (κ2) is 7.71. The molecule has 4 N–H and O–H groups in total. The van der Waals surface area contributed by atoms with Crippen LogP contribution in [0.15, 0.2) is 29.1 Å². The van der Waals surface area contributed by atoms with Gasteiger partial charge in [-0.05, 0) is 80.5 Å². The third kappa shape index (κ3) is 3.40. The Morgan fingerprint density at radius 2 is 2.06 bits per heavy atom. The molecule has 0 bridgehead atoms. The van der Waals surface area contributed by atoms with Crippen LogP contribution in [0.1, 0.15) is 58.9 Å². The zero-order valence-electron chi connectivity index (χ0n) is 19.6. The van der Waals surface area contributed by atoms with E-state index in [9.17, 15) is 14.7 Å². The molecule has 176 valence electrons. The van der Waals surface area contributed by atoms with Crippen LogP contribution in [0.2, 0.25) is 0 Å². The second-order valence-electron chi connectivity index (χ2n) is 10.3. The molecule has 0 radical (unpaired) electrons. The van der Waals surface area contributed by atoms with Crippen LogP contribution in [-0.4, -0.2) is 52.7 Å². The Bertz CT molecular complexity index is 1170. The number of amides is 1. The Morgan fingerprint density at radius 1 is 1.30 bits per heavy atom. The summed E-state index contributed by atoms with van der Waals surface area (Å²) in [5.41, 5.74) is 6.98. The van der Waals surface area contributed by atoms with Gasteiger partial charge in [0.2, 0.25) is 0 Å². The van der Waals surface area contributed by atoms with E-state index in [1.165, 1.54) is 12.8 Å². The number of nitrogens with one attached hydrogen (secondary N) is 1. The van der Waals surface area contributed by atoms with Gasteiger partial charge in [0.1, 0.15) is 11.3 Å². The highest BCUT2D eigenvalue weighted by Crippen LogP contribution is 2.54. The molecule has 0 unspecified atom stereocenters. The van der Waals surface area contributed by atoms with E-state index in [1.807, 2.05) is 18.2 Å². The minimum Gasteiger partial charge on any atom is -0.497 e. The van der Waals surface area contributed by atoms with Crippen molar-refractivity contribution in [2.75, 3.05) is 20.2 Å². The first-order valence-corrected chi connectivity index (χ1v) is 11.8. The number of rotatable bonds is 5. The van der Waals surface area contributed by atoms with Crippen LogP contribution in [0.25, 0.3) is 0 Å². The fourth-order valence-corrected chi connectivity index (χ4v) is 6.30. The van der Waals surface area contributed by atoms with Crippen molar-refractivity contribution >= 4 is 5.91 Å². The predicted octanol–water partition coefficient (Wildman–Crippen LogP) is 2.06. The molecule has 3 aliphatic rings. The second-order valence-corrected chi connectivity index (χ2v) is 10.3. The summed E-state index contributed by atoms with van der Waals surface area (Å²) >= 11 is 0. The number of aryl methyl sites for hydroxylation is 1. The molecule has 1 saturated heterocycles. The van der Waals surface area contributed by atoms with Crippen molar-refractivity contribution in [2.24, 2.45) is 11.7 Å². The van der Waals surface area contributed by atoms with Crippen molar-refractivity contribution < 1.29 is 14.6 Å². The number of carbonyl (C=O) groups excluding carboxylic acids is 1. The molecule has 1 amide bonds. The predicted molar refractivity (Wildman–Crippen MR) is 126 cm³/mol. The largest absolute Gasteiger partial charge is 0.497 e. The van der Waals surface area contributed by atoms with Crippen molar-refractivity contribution in [3.05, 3.63) is 62.6 Å². The molecular formula is C26H33N3O4. The summed E-state index contributed by atoms with van der Waals surface area (Å²) < 4.78 is 5.55. The zero-order chi connectivity index (χ0) is 23.5. The SMILES string of the molecule is COc1ccc(C)c([C@]23CCN(CC4CC4)[C@H](C)[C@]2(O)Cc2cc(C(N)=O)c(=O)[nH]c2C3)c1. The number of fused-ring (bicyclic) bond motifs is 2. The van der Waals surface area contributed by atoms with E-state index in [-0.39, 0.29) is 11.6 Å². The number of pyridine rings is 1. The lowest BCUT2D eigenvalue weighted by Crippen LogP contribution is -2.71. The summed E-state index contributed by atoms with van der Waals surface area (Å²) in [6.45, 7) is 6.08. The van der Waals surface area contributed by atoms with Crippen LogP contribution in [0.3, 0.4) is 0 Å². The number of H-pyrrole nitrogens is 1. The summed E-state index contributed by atoms with van der Waals surface area (Å²) in [5.74, 6) is 0.720. The molecule has 1 aromatic heterocycles. The Hall–Kier alpha value is -2.64. The quantitative estimate of drug-likeness (QED) is 0.645. The average Bonchev–Trinajstić information content (AvgIpc) is 3.60. The maximum absolute atomic E-state index is 12.6. The molecule has 1 aliphatic heterocycles. The highest BCUT2D eigenvalue weighted by molar-refractivity contribution is 5.92. The molecule has 1 aromatic carbocycles. The van der Waals surface area contributed by atoms with Gasteiger partial charge in [-0.1, -0.05) is 6.07 Å². The van der Waals surface area contributed by atoms with Crippen LogP contribution in [-0.2, 0) is 18.3 Å². The molecule has 2 heterocycles. The maximum atomic E-state index is 12.6. The number of methoxy groups -OCH3 is 1. The number of carbonyl (C=O) groups is 1. The van der Waals surface area contributed by atoms with Crippen molar-refractivity contribution in [1.82, 2.24) is 9.88 Å². The lowest BCUT2D eigenvalue weighted by molar-refractivity contribution is -0.139. The summed E-state index contributed by atoms with van der Waals surface area (Å²) in [4.78, 5) is 29.8. The third-order valence-corrected chi connectivity index (χ3v) is 8.46. The van der Waals surface area contributed by atoms with E-state index < -0.39 is 22.5 Å². The Balaban J connectivity index is 1.69. The lowest BCUT2D eigenvalue weighted by Gasteiger charge is -2.60. The standard InChI is InChI=1S/C26H33N3O4/c1-15-4-7-19(33-3)11-21(15)25-8-9-29(14-17-5-6-17)16(2)26(25,32)12-18-10-20(23(27)30)24(31)28-22(18)13-25/h4,7,10-11,16-17,32H,5-6,8-9,12-14H2,1-3H3,(H2,27,30)(H,28,31)/t16-,25-,26-/m1/s1. The van der Waals surface area contributed by atoms with Crippen molar-refractivity contribution in [2.45, 2.75) is 63.0 Å². The fraction of sp³-hybridized carbons (Fsp3) is 0.538. The van der Waals surface area contributed by atoms with E-state index >= 15 is 0 Å². The number of piperidine rings is 1. The summed E-state index contributed by atoms with van der Waals surface area (Å²) in [6.07, 6.45) is 4.12. The van der Waals surface area contributed by atoms with Gasteiger partial charge in [-0.25, -0.2) is 0 Å². The molecular weight excluding hydrogens is 418 g/mol. The fourth-order valence-electron chi connectivity index (χ4n) is 6.30. The number of aromatic nitrogens is 1. The highest BCUT2D eigenvalue weighted by atomic mass is 16.5. The molecule has 5 rings (SSSR count). The molecule has 7 heteroatoms. The Kier molecular flexibility index (Phi) is 5.18. The van der Waals surface area contributed by atoms with Gasteiger partial charge in [-0.15, -0.1) is 0 Å². The number of ether oxygens (including phenoxy) is 1. The highest BCUT2D eigenvalue weighted by Gasteiger charge is 2.61. The van der Waals surface area contributed by atoms with Gasteiger partial charge in [0.15, 0.2) is 0 Å². The molecule has 1 saturated carbocycles. The van der Waals surface area contributed by atoms with Gasteiger partial charge in [-0.3, -0.25) is 14.5 Å². The number of likely N-dealkylation sites (tertiary alicyclic amines) is 1. The van der Waals surface area contributed by atoms with Crippen LogP contribution in [0.5, 0.6) is 5.75 Å². The number of benzene rings is 1. The van der Waals surface area contributed by atoms with Gasteiger partial charge < -0.3 is 20.6 Å². The van der Waals surface area contributed by atoms with Crippen LogP contribution >= 0.6 is 0 Å². The van der Waals surface area contributed by atoms with Gasteiger partial charge in [0.25, 0.3) is 11.5 Å². The van der Waals surface area contributed by atoms with Crippen molar-refractivity contribution in [3.8, 4) is 5.75 Å². The topological polar surface area (TPSA) is 109 Å². The van der Waals surface area contributed by atoms with Gasteiger partial charge >= 0.3 is 0 Å². The van der Waals surface area contributed by atoms with Crippen LogP contribution < -0.4 is 16.0 Å². The molecule has 2 aromatic rings. The maximum Gasteiger partial charge on any atom is 0.261 e. The molecule has 0 spiro atoms. The smallest absolute Gasteiger partial charge is 0.261 e. The summed E-state index contributed by atoms with van der Waals surface area (Å²) in [7, 11) is 1.65. The molecule has 7 nitrogen and oxygen atoms in total. The van der Waals surface area contributed by atoms with Crippen molar-refractivity contribution in [3.63, 3.8) is 0 Å². The van der Waals surface area contributed by atoms with E-state index in [0.717, 1.165) is 53.6 Å². The normalized spacial score (nSPS) is 29.3. The monoisotopic (exact) mass is 451 g/mol. The summed E-state index contributed by atoms with van der Waals surface area (Å²) in [6, 6.07) is 7.53. The number of aliphatic hydroxyl groups is 1. The Morgan fingerprint density at radius 3 is 2.73 bits per heavy atom. The number of nitrogens with zero attached hydrogens (tertiary/aromatic N) is 1. The number of nitrogens with two attached hydrogens (primary N) is 1. The van der Waals surface area contributed by atoms with Crippen LogP contribution in [0, 0.1) is 12.8 Å². The minimum absolute atomic E-state index is 0.0549. The number of hydrogen-bond acceptors (Lipinski definition) is 5. The first-order valence-electron chi connectivity index (χ1n) is 11.8. The zero-order valence-corrected chi connectivity index (χ0v) is 19.6. The molecule has 3 atom stereocenters. The lowest BCUT2D eigenvalue weighted by atomic mass is 9.53. The van der Waals surface area contributed by atoms with E-state index in [2.05, 4.69) is 23.7 Å². The summed E-state index contributed by atoms with van der Waals surface area (Å²) in [5, 5.41) is 12.6. The first-order chi connectivity index (χ1) is 15.7. The minimum atomic E-state index is -1.09. The number of primary amides is 1. The Labute approximate surface area is 193 Å². The molecule has 33 heavy (non-hydrogen) atoms. The third-order valence-electron chi connectivity index (χ3n) is 8.46. The molecule has 2 fully saturated rings. The van der Waals surface area contributed by atoms with Crippen LogP contribution in [0.4, 0.5) is 0 Å². The van der Waals surface area contributed by atoms with Crippen molar-refractivity contribution in [1.29, 1.82) is 0 Å². The first kappa shape index (κ1) is 22.2. The number of hydrogen-bond donors (Lipinski definition) is 3. The van der Waals surface area contributed by atoms with Gasteiger partial charge in [-0.2, -0.15) is 0 Å². The van der Waals surface area contributed by atoms with E-state index in [0.29, 0.717) is 12.8 Å². The van der Waals surface area contributed by atoms with Gasteiger partial charge in [0.05, 0.1) is 12.7 Å². The number of aromatic amines is 1. The molecule has 2 aliphatic carbocycles.